The van der Waals surface area contributed by atoms with Gasteiger partial charge in [-0.05, 0) is 24.3 Å². The lowest BCUT2D eigenvalue weighted by Crippen LogP contribution is -2.19. The molecule has 26 heavy (non-hydrogen) atoms. The first-order chi connectivity index (χ1) is 12.6. The Morgan fingerprint density at radius 3 is 1.54 bits per heavy atom. The second-order valence-corrected chi connectivity index (χ2v) is 5.29. The van der Waals surface area contributed by atoms with Gasteiger partial charge >= 0.3 is 11.9 Å². The Kier molecular flexibility index (Phi) is 5.23. The van der Waals surface area contributed by atoms with Crippen molar-refractivity contribution in [2.75, 3.05) is 5.84 Å². The summed E-state index contributed by atoms with van der Waals surface area (Å²) in [5.41, 5.74) is 0.847. The molecule has 0 unspecified atom stereocenters. The predicted molar refractivity (Wildman–Crippen MR) is 91.3 cm³/mol. The van der Waals surface area contributed by atoms with Crippen molar-refractivity contribution in [2.24, 2.45) is 0 Å². The summed E-state index contributed by atoms with van der Waals surface area (Å²) in [6.45, 7) is -0.298. The number of rotatable bonds is 6. The second kappa shape index (κ2) is 7.93. The molecule has 8 heteroatoms. The third-order valence-electron chi connectivity index (χ3n) is 3.52. The van der Waals surface area contributed by atoms with Crippen LogP contribution in [0.2, 0.25) is 0 Å². The topological polar surface area (TPSA) is 109 Å². The fraction of sp³-hybridized carbons (Fsp3) is 0.111. The van der Waals surface area contributed by atoms with Crippen molar-refractivity contribution in [1.29, 1.82) is 0 Å². The molecule has 0 aliphatic heterocycles. The predicted octanol–water partition coefficient (Wildman–Crippen LogP) is 1.71. The minimum absolute atomic E-state index is 0.149. The van der Waals surface area contributed by atoms with Gasteiger partial charge in [-0.25, -0.2) is 14.3 Å². The molecule has 2 N–H and O–H groups in total. The summed E-state index contributed by atoms with van der Waals surface area (Å²) in [6, 6.07) is 17.1. The van der Waals surface area contributed by atoms with Crippen molar-refractivity contribution in [1.82, 2.24) is 14.9 Å². The van der Waals surface area contributed by atoms with Gasteiger partial charge in [0.05, 0.1) is 11.1 Å². The lowest BCUT2D eigenvalue weighted by molar-refractivity contribution is 0.0457. The number of esters is 2. The SMILES string of the molecule is Nn1c(COC(=O)c2ccccc2)nnc1COC(=O)c1ccccc1. The van der Waals surface area contributed by atoms with Crippen LogP contribution in [0.4, 0.5) is 0 Å². The number of aromatic nitrogens is 3. The summed E-state index contributed by atoms with van der Waals surface area (Å²) >= 11 is 0. The zero-order chi connectivity index (χ0) is 18.4. The van der Waals surface area contributed by atoms with Crippen LogP contribution < -0.4 is 5.84 Å². The molecule has 8 nitrogen and oxygen atoms in total. The molecule has 1 heterocycles. The number of hydrogen-bond acceptors (Lipinski definition) is 7. The first-order valence-corrected chi connectivity index (χ1v) is 7.77. The van der Waals surface area contributed by atoms with E-state index in [-0.39, 0.29) is 24.9 Å². The maximum absolute atomic E-state index is 11.9. The molecule has 0 saturated carbocycles. The zero-order valence-corrected chi connectivity index (χ0v) is 13.7. The van der Waals surface area contributed by atoms with E-state index in [1.54, 1.807) is 60.7 Å². The van der Waals surface area contributed by atoms with Crippen LogP contribution in [0.3, 0.4) is 0 Å². The van der Waals surface area contributed by atoms with E-state index in [0.717, 1.165) is 4.68 Å². The molecule has 0 fully saturated rings. The van der Waals surface area contributed by atoms with Gasteiger partial charge in [-0.15, -0.1) is 10.2 Å². The monoisotopic (exact) mass is 352 g/mol. The average Bonchev–Trinajstić information content (AvgIpc) is 3.05. The summed E-state index contributed by atoms with van der Waals surface area (Å²) in [5.74, 6) is 5.34. The molecular weight excluding hydrogens is 336 g/mol. The van der Waals surface area contributed by atoms with Crippen molar-refractivity contribution < 1.29 is 19.1 Å². The molecule has 2 aromatic carbocycles. The minimum atomic E-state index is -0.495. The highest BCUT2D eigenvalue weighted by Gasteiger charge is 2.15. The van der Waals surface area contributed by atoms with Crippen LogP contribution in [0.25, 0.3) is 0 Å². The number of nitrogens with two attached hydrogens (primary N) is 1. The first-order valence-electron chi connectivity index (χ1n) is 7.77. The molecule has 0 bridgehead atoms. The lowest BCUT2D eigenvalue weighted by atomic mass is 10.2. The molecule has 3 aromatic rings. The van der Waals surface area contributed by atoms with Crippen molar-refractivity contribution >= 4 is 11.9 Å². The Hall–Kier alpha value is -3.68. The van der Waals surface area contributed by atoms with Gasteiger partial charge in [-0.1, -0.05) is 36.4 Å². The van der Waals surface area contributed by atoms with Gasteiger partial charge in [0.2, 0.25) is 0 Å². The number of nitrogen functional groups attached to an aromatic ring is 1. The van der Waals surface area contributed by atoms with E-state index in [1.165, 1.54) is 0 Å². The normalized spacial score (nSPS) is 10.3. The van der Waals surface area contributed by atoms with Crippen LogP contribution in [0.15, 0.2) is 60.7 Å². The molecule has 0 spiro atoms. The Bertz CT molecular complexity index is 821. The molecule has 0 amide bonds. The van der Waals surface area contributed by atoms with Crippen LogP contribution in [0.1, 0.15) is 32.4 Å². The highest BCUT2D eigenvalue weighted by Crippen LogP contribution is 2.07. The van der Waals surface area contributed by atoms with Crippen LogP contribution >= 0.6 is 0 Å². The van der Waals surface area contributed by atoms with Crippen LogP contribution in [-0.4, -0.2) is 26.8 Å². The molecule has 0 saturated heterocycles. The van der Waals surface area contributed by atoms with Crippen molar-refractivity contribution in [3.8, 4) is 0 Å². The third kappa shape index (κ3) is 4.04. The molecule has 0 atom stereocenters. The smallest absolute Gasteiger partial charge is 0.338 e. The Balaban J connectivity index is 1.56. The number of carbonyl (C=O) groups is 2. The van der Waals surface area contributed by atoms with Crippen LogP contribution in [0.5, 0.6) is 0 Å². The number of ether oxygens (including phenoxy) is 2. The van der Waals surface area contributed by atoms with E-state index in [2.05, 4.69) is 10.2 Å². The van der Waals surface area contributed by atoms with E-state index >= 15 is 0 Å². The molecule has 0 radical (unpaired) electrons. The van der Waals surface area contributed by atoms with Gasteiger partial charge < -0.3 is 15.3 Å². The molecule has 132 valence electrons. The molecule has 3 rings (SSSR count). The first kappa shape index (κ1) is 17.2. The fourth-order valence-corrected chi connectivity index (χ4v) is 2.13. The highest BCUT2D eigenvalue weighted by molar-refractivity contribution is 5.89. The van der Waals surface area contributed by atoms with E-state index in [9.17, 15) is 9.59 Å². The summed E-state index contributed by atoms with van der Waals surface area (Å²) in [7, 11) is 0. The standard InChI is InChI=1S/C18H16N4O4/c19-22-15(11-25-17(23)13-7-3-1-4-8-13)20-21-16(22)12-26-18(24)14-9-5-2-6-10-14/h1-10H,11-12,19H2. The van der Waals surface area contributed by atoms with Crippen molar-refractivity contribution in [3.63, 3.8) is 0 Å². The summed E-state index contributed by atoms with van der Waals surface area (Å²) in [6.07, 6.45) is 0. The molecule has 0 aliphatic rings. The van der Waals surface area contributed by atoms with Crippen LogP contribution in [0, 0.1) is 0 Å². The van der Waals surface area contributed by atoms with E-state index < -0.39 is 11.9 Å². The van der Waals surface area contributed by atoms with Gasteiger partial charge in [0.1, 0.15) is 0 Å². The van der Waals surface area contributed by atoms with E-state index in [0.29, 0.717) is 11.1 Å². The third-order valence-corrected chi connectivity index (χ3v) is 3.52. The number of hydrogen-bond donors (Lipinski definition) is 1. The van der Waals surface area contributed by atoms with Crippen molar-refractivity contribution in [3.05, 3.63) is 83.4 Å². The Labute approximate surface area is 149 Å². The molecule has 1 aromatic heterocycles. The lowest BCUT2D eigenvalue weighted by Gasteiger charge is -2.06. The number of carbonyl (C=O) groups excluding carboxylic acids is 2. The van der Waals surface area contributed by atoms with Crippen LogP contribution in [-0.2, 0) is 22.7 Å². The maximum Gasteiger partial charge on any atom is 0.338 e. The van der Waals surface area contributed by atoms with Gasteiger partial charge in [0, 0.05) is 0 Å². The summed E-state index contributed by atoms with van der Waals surface area (Å²) in [4.78, 5) is 23.8. The second-order valence-electron chi connectivity index (χ2n) is 5.29. The van der Waals surface area contributed by atoms with Gasteiger partial charge in [0.15, 0.2) is 24.9 Å². The van der Waals surface area contributed by atoms with Gasteiger partial charge in [-0.3, -0.25) is 0 Å². The largest absolute Gasteiger partial charge is 0.454 e. The number of benzene rings is 2. The molecular formula is C18H16N4O4. The van der Waals surface area contributed by atoms with Crippen molar-refractivity contribution in [2.45, 2.75) is 13.2 Å². The number of nitrogens with zero attached hydrogens (tertiary/aromatic N) is 3. The van der Waals surface area contributed by atoms with E-state index in [4.69, 9.17) is 15.3 Å². The average molecular weight is 352 g/mol. The quantitative estimate of drug-likeness (QED) is 0.531. The Morgan fingerprint density at radius 2 is 1.15 bits per heavy atom. The van der Waals surface area contributed by atoms with E-state index in [1.807, 2.05) is 0 Å². The van der Waals surface area contributed by atoms with Gasteiger partial charge in [-0.2, -0.15) is 0 Å². The summed E-state index contributed by atoms with van der Waals surface area (Å²) < 4.78 is 11.4. The maximum atomic E-state index is 11.9. The van der Waals surface area contributed by atoms with Gasteiger partial charge in [0.25, 0.3) is 0 Å². The summed E-state index contributed by atoms with van der Waals surface area (Å²) in [5, 5.41) is 7.70. The fourth-order valence-electron chi connectivity index (χ4n) is 2.13. The minimum Gasteiger partial charge on any atom is -0.454 e. The zero-order valence-electron chi connectivity index (χ0n) is 13.7. The highest BCUT2D eigenvalue weighted by atomic mass is 16.5. The Morgan fingerprint density at radius 1 is 0.769 bits per heavy atom. The molecule has 0 aliphatic carbocycles.